The Labute approximate surface area is 133 Å². The first kappa shape index (κ1) is 15.7. The average Bonchev–Trinajstić information content (AvgIpc) is 2.76. The quantitative estimate of drug-likeness (QED) is 0.848. The van der Waals surface area contributed by atoms with Gasteiger partial charge in [-0.1, -0.05) is 37.6 Å². The third-order valence-corrected chi connectivity index (χ3v) is 3.96. The van der Waals surface area contributed by atoms with Gasteiger partial charge in [0.2, 0.25) is 0 Å². The van der Waals surface area contributed by atoms with Gasteiger partial charge in [-0.05, 0) is 30.3 Å². The van der Waals surface area contributed by atoms with Gasteiger partial charge in [-0.3, -0.25) is 9.89 Å². The van der Waals surface area contributed by atoms with E-state index in [-0.39, 0.29) is 17.9 Å². The number of amides is 1. The van der Waals surface area contributed by atoms with E-state index in [9.17, 15) is 4.79 Å². The Hall–Kier alpha value is -1.66. The van der Waals surface area contributed by atoms with Gasteiger partial charge >= 0.3 is 0 Å². The summed E-state index contributed by atoms with van der Waals surface area (Å²) in [5, 5.41) is 10.3. The molecule has 1 aromatic carbocycles. The third-order valence-electron chi connectivity index (χ3n) is 3.26. The maximum absolute atomic E-state index is 12.4. The number of hydrogen-bond acceptors (Lipinski definition) is 3. The molecule has 2 N–H and O–H groups in total. The molecule has 0 saturated carbocycles. The number of carbonyl (C=O) groups excluding carboxylic acids is 1. The predicted octanol–water partition coefficient (Wildman–Crippen LogP) is 3.26. The number of benzene rings is 1. The molecule has 0 radical (unpaired) electrons. The molecule has 0 aliphatic rings. The highest BCUT2D eigenvalue weighted by Crippen LogP contribution is 2.22. The molecule has 1 aromatic heterocycles. The maximum Gasteiger partial charge on any atom is 0.253 e. The molecule has 0 fully saturated rings. The van der Waals surface area contributed by atoms with Crippen LogP contribution < -0.4 is 5.32 Å². The molecule has 7 heteroatoms. The summed E-state index contributed by atoms with van der Waals surface area (Å²) in [5.74, 6) is 0.615. The number of carbonyl (C=O) groups is 1. The van der Waals surface area contributed by atoms with E-state index >= 15 is 0 Å². The van der Waals surface area contributed by atoms with Crippen molar-refractivity contribution in [2.75, 3.05) is 0 Å². The molecule has 1 unspecified atom stereocenters. The number of H-pyrrole nitrogens is 1. The van der Waals surface area contributed by atoms with Crippen LogP contribution in [0.1, 0.15) is 36.1 Å². The lowest BCUT2D eigenvalue weighted by Gasteiger charge is -2.21. The highest BCUT2D eigenvalue weighted by Gasteiger charge is 2.24. The summed E-state index contributed by atoms with van der Waals surface area (Å²) in [6, 6.07) is 6.69. The predicted molar refractivity (Wildman–Crippen MR) is 84.9 cm³/mol. The largest absolute Gasteiger partial charge is 0.342 e. The molecule has 2 aromatic rings. The van der Waals surface area contributed by atoms with Crippen molar-refractivity contribution in [1.29, 1.82) is 0 Å². The summed E-state index contributed by atoms with van der Waals surface area (Å²) >= 11 is 11.2. The Morgan fingerprint density at radius 3 is 2.62 bits per heavy atom. The van der Waals surface area contributed by atoms with Crippen LogP contribution in [0.4, 0.5) is 0 Å². The van der Waals surface area contributed by atoms with E-state index < -0.39 is 0 Å². The minimum atomic E-state index is -0.258. The number of aromatic amines is 1. The van der Waals surface area contributed by atoms with Crippen molar-refractivity contribution in [3.05, 3.63) is 45.4 Å². The summed E-state index contributed by atoms with van der Waals surface area (Å²) in [6.45, 7) is 4.02. The van der Waals surface area contributed by atoms with Gasteiger partial charge in [0.05, 0.1) is 16.6 Å². The number of halogens is 1. The normalized spacial score (nSPS) is 12.4. The second kappa shape index (κ2) is 6.41. The van der Waals surface area contributed by atoms with E-state index in [0.717, 1.165) is 0 Å². The lowest BCUT2D eigenvalue weighted by atomic mass is 10.0. The fourth-order valence-electron chi connectivity index (χ4n) is 2.03. The highest BCUT2D eigenvalue weighted by molar-refractivity contribution is 7.71. The SMILES string of the molecule is CC(C)C(NC(=O)c1ccccc1Cl)c1n[nH]c(=S)n1C. The molecule has 0 aliphatic carbocycles. The van der Waals surface area contributed by atoms with Crippen LogP contribution >= 0.6 is 23.8 Å². The van der Waals surface area contributed by atoms with E-state index in [1.165, 1.54) is 0 Å². The lowest BCUT2D eigenvalue weighted by Crippen LogP contribution is -2.33. The topological polar surface area (TPSA) is 62.7 Å². The van der Waals surface area contributed by atoms with Crippen molar-refractivity contribution in [3.63, 3.8) is 0 Å². The van der Waals surface area contributed by atoms with E-state index in [2.05, 4.69) is 15.5 Å². The minimum absolute atomic E-state index is 0.153. The first-order valence-electron chi connectivity index (χ1n) is 6.58. The third kappa shape index (κ3) is 3.33. The molecule has 112 valence electrons. The first-order valence-corrected chi connectivity index (χ1v) is 7.37. The maximum atomic E-state index is 12.4. The molecule has 0 aliphatic heterocycles. The molecular weight excluding hydrogens is 308 g/mol. The van der Waals surface area contributed by atoms with Gasteiger partial charge in [0.1, 0.15) is 0 Å². The Kier molecular flexibility index (Phi) is 4.80. The average molecular weight is 325 g/mol. The van der Waals surface area contributed by atoms with Crippen LogP contribution in [0.15, 0.2) is 24.3 Å². The first-order chi connectivity index (χ1) is 9.91. The minimum Gasteiger partial charge on any atom is -0.342 e. The van der Waals surface area contributed by atoms with E-state index in [1.807, 2.05) is 20.9 Å². The second-order valence-electron chi connectivity index (χ2n) is 5.12. The number of nitrogens with zero attached hydrogens (tertiary/aromatic N) is 2. The van der Waals surface area contributed by atoms with E-state index in [1.54, 1.807) is 28.8 Å². The fraction of sp³-hybridized carbons (Fsp3) is 0.357. The molecule has 1 heterocycles. The zero-order valence-corrected chi connectivity index (χ0v) is 13.6. The number of rotatable bonds is 4. The summed E-state index contributed by atoms with van der Waals surface area (Å²) in [6.07, 6.45) is 0. The van der Waals surface area contributed by atoms with Gasteiger partial charge < -0.3 is 9.88 Å². The lowest BCUT2D eigenvalue weighted by molar-refractivity contribution is 0.0922. The standard InChI is InChI=1S/C14H17ClN4OS/c1-8(2)11(12-17-18-14(21)19(12)3)16-13(20)9-6-4-5-7-10(9)15/h4-8,11H,1-3H3,(H,16,20)(H,18,21). The number of aromatic nitrogens is 3. The molecule has 1 amide bonds. The van der Waals surface area contributed by atoms with Gasteiger partial charge in [0.25, 0.3) is 5.91 Å². The van der Waals surface area contributed by atoms with Crippen LogP contribution in [0.25, 0.3) is 0 Å². The molecule has 0 saturated heterocycles. The van der Waals surface area contributed by atoms with Crippen molar-refractivity contribution < 1.29 is 4.79 Å². The molecular formula is C14H17ClN4OS. The highest BCUT2D eigenvalue weighted by atomic mass is 35.5. The molecule has 5 nitrogen and oxygen atoms in total. The van der Waals surface area contributed by atoms with Crippen LogP contribution in [0, 0.1) is 10.7 Å². The number of hydrogen-bond donors (Lipinski definition) is 2. The van der Waals surface area contributed by atoms with Gasteiger partial charge in [0.15, 0.2) is 10.6 Å². The second-order valence-corrected chi connectivity index (χ2v) is 5.91. The van der Waals surface area contributed by atoms with Crippen LogP contribution in [-0.4, -0.2) is 20.7 Å². The Morgan fingerprint density at radius 2 is 2.10 bits per heavy atom. The van der Waals surface area contributed by atoms with Gasteiger partial charge in [-0.25, -0.2) is 0 Å². The molecule has 1 atom stereocenters. The van der Waals surface area contributed by atoms with Gasteiger partial charge in [-0.2, -0.15) is 5.10 Å². The Morgan fingerprint density at radius 1 is 1.43 bits per heavy atom. The van der Waals surface area contributed by atoms with Gasteiger partial charge in [0, 0.05) is 7.05 Å². The van der Waals surface area contributed by atoms with Crippen molar-refractivity contribution in [1.82, 2.24) is 20.1 Å². The summed E-state index contributed by atoms with van der Waals surface area (Å²) in [4.78, 5) is 12.4. The Bertz CT molecular complexity index is 707. The van der Waals surface area contributed by atoms with Gasteiger partial charge in [-0.15, -0.1) is 0 Å². The molecule has 0 bridgehead atoms. The van der Waals surface area contributed by atoms with Crippen LogP contribution in [-0.2, 0) is 7.05 Å². The molecule has 2 rings (SSSR count). The summed E-state index contributed by atoms with van der Waals surface area (Å²) in [5.41, 5.74) is 0.446. The molecule has 21 heavy (non-hydrogen) atoms. The molecule has 0 spiro atoms. The zero-order chi connectivity index (χ0) is 15.6. The number of nitrogens with one attached hydrogen (secondary N) is 2. The van der Waals surface area contributed by atoms with Crippen LogP contribution in [0.5, 0.6) is 0 Å². The van der Waals surface area contributed by atoms with Crippen molar-refractivity contribution in [2.24, 2.45) is 13.0 Å². The Balaban J connectivity index is 2.30. The monoisotopic (exact) mass is 324 g/mol. The van der Waals surface area contributed by atoms with Crippen LogP contribution in [0.3, 0.4) is 0 Å². The van der Waals surface area contributed by atoms with Crippen LogP contribution in [0.2, 0.25) is 5.02 Å². The van der Waals surface area contributed by atoms with E-state index in [4.69, 9.17) is 23.8 Å². The van der Waals surface area contributed by atoms with E-state index in [0.29, 0.717) is 21.2 Å². The van der Waals surface area contributed by atoms with Crippen molar-refractivity contribution >= 4 is 29.7 Å². The summed E-state index contributed by atoms with van der Waals surface area (Å²) < 4.78 is 2.27. The van der Waals surface area contributed by atoms with Crippen molar-refractivity contribution in [3.8, 4) is 0 Å². The van der Waals surface area contributed by atoms with Crippen molar-refractivity contribution in [2.45, 2.75) is 19.9 Å². The fourth-order valence-corrected chi connectivity index (χ4v) is 2.39. The zero-order valence-electron chi connectivity index (χ0n) is 12.1. The summed E-state index contributed by atoms with van der Waals surface area (Å²) in [7, 11) is 1.82. The smallest absolute Gasteiger partial charge is 0.253 e.